The molecule has 190 valence electrons. The minimum atomic E-state index is -0.708. The van der Waals surface area contributed by atoms with Crippen LogP contribution in [-0.2, 0) is 29.1 Å². The van der Waals surface area contributed by atoms with Crippen molar-refractivity contribution < 1.29 is 19.1 Å². The van der Waals surface area contributed by atoms with E-state index in [-0.39, 0.29) is 11.7 Å². The van der Waals surface area contributed by atoms with Crippen LogP contribution in [0.4, 0.5) is 10.2 Å². The van der Waals surface area contributed by atoms with Crippen LogP contribution in [0, 0.1) is 17.2 Å². The fraction of sp³-hybridized carbons (Fsp3) is 0.483. The SMILES string of the molecule is CC1(C(=O)O)CCC(CCC(=O)N2CCc3c4c(n(Cc5cccc(F)c5)c3C2)N=CCC=C4)CC1. The van der Waals surface area contributed by atoms with Crippen molar-refractivity contribution in [3.8, 4) is 0 Å². The number of allylic oxidation sites excluding steroid dienone is 1. The number of hydrogen-bond donors (Lipinski definition) is 1. The van der Waals surface area contributed by atoms with E-state index in [4.69, 9.17) is 4.99 Å². The van der Waals surface area contributed by atoms with Gasteiger partial charge in [-0.15, -0.1) is 0 Å². The van der Waals surface area contributed by atoms with Gasteiger partial charge in [0.15, 0.2) is 0 Å². The normalized spacial score (nSPS) is 23.2. The molecular formula is C29H34FN3O3. The van der Waals surface area contributed by atoms with Crippen molar-refractivity contribution in [3.05, 3.63) is 58.5 Å². The van der Waals surface area contributed by atoms with Crippen LogP contribution in [0.3, 0.4) is 0 Å². The number of amides is 1. The van der Waals surface area contributed by atoms with Gasteiger partial charge in [-0.3, -0.25) is 9.59 Å². The van der Waals surface area contributed by atoms with Crippen molar-refractivity contribution >= 4 is 30.0 Å². The van der Waals surface area contributed by atoms with Crippen molar-refractivity contribution in [3.63, 3.8) is 0 Å². The third-order valence-corrected chi connectivity index (χ3v) is 8.28. The number of aromatic nitrogens is 1. The van der Waals surface area contributed by atoms with Crippen LogP contribution < -0.4 is 0 Å². The summed E-state index contributed by atoms with van der Waals surface area (Å²) in [6.07, 6.45) is 12.1. The monoisotopic (exact) mass is 491 g/mol. The number of carbonyl (C=O) groups is 2. The van der Waals surface area contributed by atoms with Crippen LogP contribution in [0.1, 0.15) is 74.3 Å². The van der Waals surface area contributed by atoms with Gasteiger partial charge in [-0.25, -0.2) is 9.38 Å². The molecule has 0 spiro atoms. The number of benzene rings is 1. The summed E-state index contributed by atoms with van der Waals surface area (Å²) in [5.41, 5.74) is 3.69. The largest absolute Gasteiger partial charge is 0.481 e. The first-order valence-electron chi connectivity index (χ1n) is 13.0. The summed E-state index contributed by atoms with van der Waals surface area (Å²) < 4.78 is 16.0. The van der Waals surface area contributed by atoms with Crippen LogP contribution in [0.5, 0.6) is 0 Å². The molecule has 7 heteroatoms. The molecule has 1 saturated carbocycles. The minimum absolute atomic E-state index is 0.153. The lowest BCUT2D eigenvalue weighted by Crippen LogP contribution is -2.37. The maximum Gasteiger partial charge on any atom is 0.309 e. The number of carboxylic acid groups (broad SMARTS) is 1. The Morgan fingerprint density at radius 2 is 2.06 bits per heavy atom. The van der Waals surface area contributed by atoms with Crippen LogP contribution in [0.2, 0.25) is 0 Å². The number of aliphatic carboxylic acids is 1. The summed E-state index contributed by atoms with van der Waals surface area (Å²) in [6, 6.07) is 6.65. The van der Waals surface area contributed by atoms with E-state index in [0.717, 1.165) is 54.7 Å². The number of hydrogen-bond acceptors (Lipinski definition) is 3. The van der Waals surface area contributed by atoms with Crippen LogP contribution >= 0.6 is 0 Å². The number of halogens is 1. The molecule has 5 rings (SSSR count). The Bertz CT molecular complexity index is 1220. The summed E-state index contributed by atoms with van der Waals surface area (Å²) in [7, 11) is 0. The molecule has 2 aromatic rings. The predicted molar refractivity (Wildman–Crippen MR) is 138 cm³/mol. The highest BCUT2D eigenvalue weighted by atomic mass is 19.1. The third-order valence-electron chi connectivity index (χ3n) is 8.28. The summed E-state index contributed by atoms with van der Waals surface area (Å²) in [6.45, 7) is 3.55. The first-order valence-corrected chi connectivity index (χ1v) is 13.0. The third kappa shape index (κ3) is 4.88. The average molecular weight is 492 g/mol. The first kappa shape index (κ1) is 24.5. The van der Waals surface area contributed by atoms with E-state index in [0.29, 0.717) is 44.8 Å². The van der Waals surface area contributed by atoms with Gasteiger partial charge in [0, 0.05) is 43.4 Å². The van der Waals surface area contributed by atoms with Gasteiger partial charge in [0.2, 0.25) is 5.91 Å². The minimum Gasteiger partial charge on any atom is -0.481 e. The molecule has 1 aliphatic carbocycles. The first-order chi connectivity index (χ1) is 17.3. The number of carboxylic acids is 1. The van der Waals surface area contributed by atoms with Gasteiger partial charge >= 0.3 is 5.97 Å². The molecule has 1 aromatic carbocycles. The molecule has 1 fully saturated rings. The second-order valence-corrected chi connectivity index (χ2v) is 10.7. The number of fused-ring (bicyclic) bond motifs is 3. The van der Waals surface area contributed by atoms with E-state index in [2.05, 4.69) is 16.7 Å². The molecule has 1 N–H and O–H groups in total. The van der Waals surface area contributed by atoms with E-state index in [1.54, 1.807) is 12.1 Å². The zero-order chi connectivity index (χ0) is 25.3. The summed E-state index contributed by atoms with van der Waals surface area (Å²) >= 11 is 0. The fourth-order valence-electron chi connectivity index (χ4n) is 5.90. The highest BCUT2D eigenvalue weighted by molar-refractivity contribution is 5.79. The van der Waals surface area contributed by atoms with Crippen molar-refractivity contribution in [2.75, 3.05) is 6.54 Å². The Morgan fingerprint density at radius 1 is 1.25 bits per heavy atom. The molecule has 0 saturated heterocycles. The summed E-state index contributed by atoms with van der Waals surface area (Å²) in [5, 5.41) is 9.46. The van der Waals surface area contributed by atoms with Crippen molar-refractivity contribution in [2.45, 2.75) is 71.4 Å². The number of aliphatic imine (C=N–C) groups is 1. The maximum atomic E-state index is 13.9. The molecule has 3 heterocycles. The van der Waals surface area contributed by atoms with Crippen LogP contribution in [0.15, 0.2) is 35.3 Å². The second-order valence-electron chi connectivity index (χ2n) is 10.7. The predicted octanol–water partition coefficient (Wildman–Crippen LogP) is 5.74. The molecule has 36 heavy (non-hydrogen) atoms. The molecule has 1 amide bonds. The Labute approximate surface area is 211 Å². The van der Waals surface area contributed by atoms with Crippen molar-refractivity contribution in [1.29, 1.82) is 0 Å². The van der Waals surface area contributed by atoms with Gasteiger partial charge in [0.05, 0.1) is 12.0 Å². The number of nitrogens with zero attached hydrogens (tertiary/aromatic N) is 3. The number of carbonyl (C=O) groups excluding carboxylic acids is 1. The van der Waals surface area contributed by atoms with Crippen LogP contribution in [-0.4, -0.2) is 39.2 Å². The van der Waals surface area contributed by atoms with Gasteiger partial charge in [-0.1, -0.05) is 24.3 Å². The highest BCUT2D eigenvalue weighted by Crippen LogP contribution is 2.41. The lowest BCUT2D eigenvalue weighted by molar-refractivity contribution is -0.150. The molecule has 3 aliphatic rings. The zero-order valence-electron chi connectivity index (χ0n) is 20.9. The van der Waals surface area contributed by atoms with E-state index in [9.17, 15) is 19.1 Å². The zero-order valence-corrected chi connectivity index (χ0v) is 20.9. The van der Waals surface area contributed by atoms with Crippen LogP contribution in [0.25, 0.3) is 6.08 Å². The highest BCUT2D eigenvalue weighted by Gasteiger charge is 2.37. The van der Waals surface area contributed by atoms with Gasteiger partial charge in [0.1, 0.15) is 11.6 Å². The maximum absolute atomic E-state index is 13.9. The van der Waals surface area contributed by atoms with E-state index < -0.39 is 11.4 Å². The Hall–Kier alpha value is -3.22. The Morgan fingerprint density at radius 3 is 2.81 bits per heavy atom. The lowest BCUT2D eigenvalue weighted by Gasteiger charge is -2.34. The molecule has 0 radical (unpaired) electrons. The van der Waals surface area contributed by atoms with Crippen molar-refractivity contribution in [1.82, 2.24) is 9.47 Å². The summed E-state index contributed by atoms with van der Waals surface area (Å²) in [5.74, 6) is 0.483. The van der Waals surface area contributed by atoms with Crippen molar-refractivity contribution in [2.24, 2.45) is 16.3 Å². The van der Waals surface area contributed by atoms with Gasteiger partial charge in [-0.05, 0) is 74.6 Å². The molecule has 0 atom stereocenters. The van der Waals surface area contributed by atoms with E-state index in [1.807, 2.05) is 24.1 Å². The molecule has 6 nitrogen and oxygen atoms in total. The smallest absolute Gasteiger partial charge is 0.309 e. The second kappa shape index (κ2) is 10.0. The van der Waals surface area contributed by atoms with E-state index in [1.165, 1.54) is 11.6 Å². The van der Waals surface area contributed by atoms with Gasteiger partial charge in [-0.2, -0.15) is 0 Å². The molecule has 1 aromatic heterocycles. The van der Waals surface area contributed by atoms with Gasteiger partial charge in [0.25, 0.3) is 0 Å². The molecular weight excluding hydrogens is 457 g/mol. The fourth-order valence-corrected chi connectivity index (χ4v) is 5.90. The summed E-state index contributed by atoms with van der Waals surface area (Å²) in [4.78, 5) is 31.4. The standard InChI is InChI=1S/C29H34FN3O3/c1-29(28(35)36)13-10-20(11-14-29)8-9-26(34)32-16-12-23-24-7-2-3-15-31-27(24)33(25(23)19-32)18-21-5-4-6-22(30)17-21/h2,4-7,15,17,20H,3,8-14,16,18-19H2,1H3,(H,35,36). The van der Waals surface area contributed by atoms with Gasteiger partial charge < -0.3 is 14.6 Å². The topological polar surface area (TPSA) is 74.9 Å². The molecule has 2 aliphatic heterocycles. The van der Waals surface area contributed by atoms with E-state index >= 15 is 0 Å². The average Bonchev–Trinajstić information content (AvgIpc) is 3.00. The quantitative estimate of drug-likeness (QED) is 0.560. The Kier molecular flexibility index (Phi) is 6.82. The molecule has 0 bridgehead atoms. The number of rotatable bonds is 6. The molecule has 0 unspecified atom stereocenters. The lowest BCUT2D eigenvalue weighted by atomic mass is 9.71. The Balaban J connectivity index is 1.30.